The first-order valence-corrected chi connectivity index (χ1v) is 9.34. The van der Waals surface area contributed by atoms with E-state index >= 15 is 0 Å². The van der Waals surface area contributed by atoms with Crippen LogP contribution >= 0.6 is 0 Å². The van der Waals surface area contributed by atoms with Crippen LogP contribution in [0.25, 0.3) is 0 Å². The number of ether oxygens (including phenoxy) is 1. The van der Waals surface area contributed by atoms with Gasteiger partial charge >= 0.3 is 0 Å². The molecule has 1 aliphatic carbocycles. The lowest BCUT2D eigenvalue weighted by atomic mass is 9.88. The van der Waals surface area contributed by atoms with E-state index in [1.165, 1.54) is 6.07 Å². The molecule has 0 aromatic heterocycles. The van der Waals surface area contributed by atoms with Crippen LogP contribution in [0.5, 0.6) is 0 Å². The van der Waals surface area contributed by atoms with E-state index in [0.29, 0.717) is 6.61 Å². The normalized spacial score (nSPS) is 22.0. The molecule has 0 spiro atoms. The molecule has 1 saturated carbocycles. The molecule has 0 heterocycles. The van der Waals surface area contributed by atoms with Gasteiger partial charge in [0.15, 0.2) is 0 Å². The van der Waals surface area contributed by atoms with Crippen LogP contribution in [0.3, 0.4) is 0 Å². The third-order valence-electron chi connectivity index (χ3n) is 4.23. The number of nitrogens with two attached hydrogens (primary N) is 1. The maximum absolute atomic E-state index is 12.3. The SMILES string of the molecule is Cc1cccc(S(=O)(=O)NCCOC2CCC(C=O)CC2)c1N. The highest BCUT2D eigenvalue weighted by Gasteiger charge is 2.21. The summed E-state index contributed by atoms with van der Waals surface area (Å²) in [7, 11) is -3.63. The predicted octanol–water partition coefficient (Wildman–Crippen LogP) is 1.63. The molecule has 0 saturated heterocycles. The third kappa shape index (κ3) is 4.76. The highest BCUT2D eigenvalue weighted by molar-refractivity contribution is 7.89. The van der Waals surface area contributed by atoms with Gasteiger partial charge in [0, 0.05) is 12.5 Å². The van der Waals surface area contributed by atoms with Crippen molar-refractivity contribution < 1.29 is 17.9 Å². The van der Waals surface area contributed by atoms with Crippen molar-refractivity contribution >= 4 is 22.0 Å². The molecule has 1 aliphatic rings. The molecule has 0 atom stereocenters. The number of benzene rings is 1. The monoisotopic (exact) mass is 340 g/mol. The number of sulfonamides is 1. The number of hydrogen-bond acceptors (Lipinski definition) is 5. The summed E-state index contributed by atoms with van der Waals surface area (Å²) in [4.78, 5) is 10.8. The zero-order valence-corrected chi connectivity index (χ0v) is 14.1. The second kappa shape index (κ2) is 7.90. The summed E-state index contributed by atoms with van der Waals surface area (Å²) in [6, 6.07) is 4.93. The first-order chi connectivity index (χ1) is 10.9. The average Bonchev–Trinajstić information content (AvgIpc) is 2.54. The van der Waals surface area contributed by atoms with E-state index in [1.54, 1.807) is 19.1 Å². The molecule has 0 bridgehead atoms. The van der Waals surface area contributed by atoms with Gasteiger partial charge in [-0.3, -0.25) is 0 Å². The fourth-order valence-electron chi connectivity index (χ4n) is 2.76. The fourth-order valence-corrected chi connectivity index (χ4v) is 3.97. The van der Waals surface area contributed by atoms with Gasteiger partial charge in [-0.2, -0.15) is 0 Å². The Balaban J connectivity index is 1.79. The molecule has 23 heavy (non-hydrogen) atoms. The number of anilines is 1. The van der Waals surface area contributed by atoms with Gasteiger partial charge in [-0.15, -0.1) is 0 Å². The van der Waals surface area contributed by atoms with Crippen molar-refractivity contribution in [1.29, 1.82) is 0 Å². The fraction of sp³-hybridized carbons (Fsp3) is 0.562. The summed E-state index contributed by atoms with van der Waals surface area (Å²) in [5, 5.41) is 0. The molecule has 1 fully saturated rings. The molecule has 0 amide bonds. The molecule has 1 aromatic rings. The summed E-state index contributed by atoms with van der Waals surface area (Å²) in [6.45, 7) is 2.28. The minimum atomic E-state index is -3.63. The van der Waals surface area contributed by atoms with Gasteiger partial charge in [-0.25, -0.2) is 13.1 Å². The zero-order chi connectivity index (χ0) is 16.9. The molecule has 7 heteroatoms. The van der Waals surface area contributed by atoms with Crippen LogP contribution in [0.15, 0.2) is 23.1 Å². The van der Waals surface area contributed by atoms with Gasteiger partial charge in [0.25, 0.3) is 0 Å². The van der Waals surface area contributed by atoms with Crippen molar-refractivity contribution in [3.8, 4) is 0 Å². The van der Waals surface area contributed by atoms with Crippen LogP contribution in [0.4, 0.5) is 5.69 Å². The van der Waals surface area contributed by atoms with Gasteiger partial charge in [0.05, 0.1) is 18.4 Å². The van der Waals surface area contributed by atoms with Crippen molar-refractivity contribution in [1.82, 2.24) is 4.72 Å². The van der Waals surface area contributed by atoms with E-state index in [-0.39, 0.29) is 29.1 Å². The minimum absolute atomic E-state index is 0.101. The quantitative estimate of drug-likeness (QED) is 0.446. The number of aldehydes is 1. The van der Waals surface area contributed by atoms with E-state index in [2.05, 4.69) is 4.72 Å². The number of hydrogen-bond donors (Lipinski definition) is 2. The lowest BCUT2D eigenvalue weighted by molar-refractivity contribution is -0.112. The predicted molar refractivity (Wildman–Crippen MR) is 88.5 cm³/mol. The second-order valence-corrected chi connectivity index (χ2v) is 7.66. The first kappa shape index (κ1) is 17.9. The van der Waals surface area contributed by atoms with Crippen molar-refractivity contribution in [3.63, 3.8) is 0 Å². The number of para-hydroxylation sites is 1. The lowest BCUT2D eigenvalue weighted by Gasteiger charge is -2.25. The molecular weight excluding hydrogens is 316 g/mol. The summed E-state index contributed by atoms with van der Waals surface area (Å²) >= 11 is 0. The Labute approximate surface area is 137 Å². The molecule has 128 valence electrons. The standard InChI is InChI=1S/C16H24N2O4S/c1-12-3-2-4-15(16(12)17)23(20,21)18-9-10-22-14-7-5-13(11-19)6-8-14/h2-4,11,13-14,18H,5-10,17H2,1H3. The molecule has 0 aliphatic heterocycles. The van der Waals surface area contributed by atoms with Crippen LogP contribution in [-0.4, -0.2) is 34.0 Å². The van der Waals surface area contributed by atoms with Gasteiger partial charge in [-0.05, 0) is 44.2 Å². The number of nitrogen functional groups attached to an aromatic ring is 1. The molecule has 1 aromatic carbocycles. The Kier molecular flexibility index (Phi) is 6.15. The van der Waals surface area contributed by atoms with Crippen LogP contribution in [-0.2, 0) is 19.6 Å². The Morgan fingerprint density at radius 3 is 2.65 bits per heavy atom. The maximum Gasteiger partial charge on any atom is 0.242 e. The maximum atomic E-state index is 12.3. The number of carbonyl (C=O) groups excluding carboxylic acids is 1. The first-order valence-electron chi connectivity index (χ1n) is 7.85. The summed E-state index contributed by atoms with van der Waals surface area (Å²) in [5.74, 6) is 0.151. The number of carbonyl (C=O) groups is 1. The van der Waals surface area contributed by atoms with E-state index in [4.69, 9.17) is 10.5 Å². The van der Waals surface area contributed by atoms with Crippen LogP contribution in [0.1, 0.15) is 31.2 Å². The molecule has 3 N–H and O–H groups in total. The summed E-state index contributed by atoms with van der Waals surface area (Å²) in [6.07, 6.45) is 4.51. The van der Waals surface area contributed by atoms with E-state index in [1.807, 2.05) is 0 Å². The van der Waals surface area contributed by atoms with Gasteiger partial charge in [0.2, 0.25) is 10.0 Å². The topological polar surface area (TPSA) is 98.5 Å². The lowest BCUT2D eigenvalue weighted by Crippen LogP contribution is -2.30. The minimum Gasteiger partial charge on any atom is -0.397 e. The molecule has 6 nitrogen and oxygen atoms in total. The van der Waals surface area contributed by atoms with Crippen molar-refractivity contribution in [2.24, 2.45) is 5.92 Å². The van der Waals surface area contributed by atoms with Crippen LogP contribution in [0, 0.1) is 12.8 Å². The number of nitrogens with one attached hydrogen (secondary N) is 1. The van der Waals surface area contributed by atoms with Crippen LogP contribution < -0.4 is 10.5 Å². The zero-order valence-electron chi connectivity index (χ0n) is 13.3. The molecule has 0 unspecified atom stereocenters. The van der Waals surface area contributed by atoms with E-state index in [0.717, 1.165) is 37.5 Å². The Morgan fingerprint density at radius 1 is 1.30 bits per heavy atom. The highest BCUT2D eigenvalue weighted by atomic mass is 32.2. The van der Waals surface area contributed by atoms with E-state index < -0.39 is 10.0 Å². The molecular formula is C16H24N2O4S. The Morgan fingerprint density at radius 2 is 2.00 bits per heavy atom. The van der Waals surface area contributed by atoms with Crippen molar-refractivity contribution in [2.45, 2.75) is 43.6 Å². The Bertz CT molecular complexity index is 637. The van der Waals surface area contributed by atoms with Crippen molar-refractivity contribution in [2.75, 3.05) is 18.9 Å². The molecule has 2 rings (SSSR count). The summed E-state index contributed by atoms with van der Waals surface area (Å²) < 4.78 is 32.7. The van der Waals surface area contributed by atoms with Gasteiger partial charge in [0.1, 0.15) is 11.2 Å². The molecule has 0 radical (unpaired) electrons. The average molecular weight is 340 g/mol. The number of rotatable bonds is 7. The van der Waals surface area contributed by atoms with Gasteiger partial charge in [-0.1, -0.05) is 12.1 Å². The summed E-state index contributed by atoms with van der Waals surface area (Å²) in [5.41, 5.74) is 6.84. The van der Waals surface area contributed by atoms with Crippen LogP contribution in [0.2, 0.25) is 0 Å². The smallest absolute Gasteiger partial charge is 0.242 e. The highest BCUT2D eigenvalue weighted by Crippen LogP contribution is 2.24. The number of aryl methyl sites for hydroxylation is 1. The van der Waals surface area contributed by atoms with Gasteiger partial charge < -0.3 is 15.3 Å². The largest absolute Gasteiger partial charge is 0.397 e. The van der Waals surface area contributed by atoms with E-state index in [9.17, 15) is 13.2 Å². The second-order valence-electron chi connectivity index (χ2n) is 5.93. The van der Waals surface area contributed by atoms with Crippen molar-refractivity contribution in [3.05, 3.63) is 23.8 Å². The third-order valence-corrected chi connectivity index (χ3v) is 5.75. The Hall–Kier alpha value is -1.44.